The van der Waals surface area contributed by atoms with Crippen molar-refractivity contribution in [1.82, 2.24) is 9.97 Å². The quantitative estimate of drug-likeness (QED) is 0.901. The van der Waals surface area contributed by atoms with E-state index in [1.54, 1.807) is 0 Å². The maximum Gasteiger partial charge on any atom is 0.144 e. The Kier molecular flexibility index (Phi) is 5.19. The van der Waals surface area contributed by atoms with Crippen molar-refractivity contribution in [3.8, 4) is 0 Å². The maximum atomic E-state index is 4.61. The van der Waals surface area contributed by atoms with Gasteiger partial charge >= 0.3 is 0 Å². The predicted molar refractivity (Wildman–Crippen MR) is 71.8 cm³/mol. The molecule has 0 aliphatic rings. The minimum atomic E-state index is 0.584. The highest BCUT2D eigenvalue weighted by Crippen LogP contribution is 2.24. The van der Waals surface area contributed by atoms with Crippen LogP contribution in [0.25, 0.3) is 0 Å². The van der Waals surface area contributed by atoms with E-state index in [1.807, 2.05) is 7.05 Å². The summed E-state index contributed by atoms with van der Waals surface area (Å²) in [6.07, 6.45) is 3.02. The molecule has 0 aliphatic heterocycles. The van der Waals surface area contributed by atoms with Crippen LogP contribution in [0.5, 0.6) is 0 Å². The summed E-state index contributed by atoms with van der Waals surface area (Å²) in [5.74, 6) is 2.42. The van der Waals surface area contributed by atoms with E-state index < -0.39 is 0 Å². The van der Waals surface area contributed by atoms with Gasteiger partial charge in [-0.15, -0.1) is 0 Å². The summed E-state index contributed by atoms with van der Waals surface area (Å²) in [5.41, 5.74) is 1.11. The first kappa shape index (κ1) is 13.4. The molecule has 16 heavy (non-hydrogen) atoms. The van der Waals surface area contributed by atoms with Crippen LogP contribution < -0.4 is 5.32 Å². The molecule has 1 aromatic rings. The van der Waals surface area contributed by atoms with Crippen LogP contribution in [0.2, 0.25) is 0 Å². The third kappa shape index (κ3) is 3.44. The summed E-state index contributed by atoms with van der Waals surface area (Å²) in [6, 6.07) is 0. The minimum Gasteiger partial charge on any atom is -0.372 e. The van der Waals surface area contributed by atoms with Gasteiger partial charge in [0.05, 0.1) is 10.2 Å². The fourth-order valence-electron chi connectivity index (χ4n) is 1.57. The van der Waals surface area contributed by atoms with Crippen molar-refractivity contribution >= 4 is 21.7 Å². The first-order valence-corrected chi connectivity index (χ1v) is 6.60. The highest BCUT2D eigenvalue weighted by atomic mass is 79.9. The number of aryl methyl sites for hydroxylation is 1. The van der Waals surface area contributed by atoms with Crippen molar-refractivity contribution in [3.63, 3.8) is 0 Å². The number of nitrogens with one attached hydrogen (secondary N) is 1. The molecule has 0 fully saturated rings. The van der Waals surface area contributed by atoms with Crippen molar-refractivity contribution in [3.05, 3.63) is 16.0 Å². The van der Waals surface area contributed by atoms with Gasteiger partial charge in [-0.2, -0.15) is 0 Å². The van der Waals surface area contributed by atoms with Gasteiger partial charge in [0.15, 0.2) is 0 Å². The van der Waals surface area contributed by atoms with Gasteiger partial charge < -0.3 is 5.32 Å². The number of nitrogens with zero attached hydrogens (tertiary/aromatic N) is 2. The smallest absolute Gasteiger partial charge is 0.144 e. The highest BCUT2D eigenvalue weighted by molar-refractivity contribution is 9.10. The van der Waals surface area contributed by atoms with Gasteiger partial charge in [-0.1, -0.05) is 27.2 Å². The predicted octanol–water partition coefficient (Wildman–Crippen LogP) is 3.43. The second-order valence-electron chi connectivity index (χ2n) is 4.35. The molecule has 0 radical (unpaired) electrons. The van der Waals surface area contributed by atoms with Gasteiger partial charge in [-0.05, 0) is 28.3 Å². The van der Waals surface area contributed by atoms with Crippen LogP contribution in [0.3, 0.4) is 0 Å². The third-order valence-corrected chi connectivity index (χ3v) is 3.11. The Morgan fingerprint density at radius 3 is 2.50 bits per heavy atom. The topological polar surface area (TPSA) is 37.8 Å². The summed E-state index contributed by atoms with van der Waals surface area (Å²) in [5, 5.41) is 3.11. The largest absolute Gasteiger partial charge is 0.372 e. The summed E-state index contributed by atoms with van der Waals surface area (Å²) < 4.78 is 1.00. The van der Waals surface area contributed by atoms with Crippen LogP contribution in [0.4, 0.5) is 5.82 Å². The van der Waals surface area contributed by atoms with E-state index in [1.165, 1.54) is 0 Å². The Morgan fingerprint density at radius 1 is 1.31 bits per heavy atom. The van der Waals surface area contributed by atoms with Crippen molar-refractivity contribution in [2.75, 3.05) is 12.4 Å². The Balaban J connectivity index is 3.07. The Hall–Kier alpha value is -0.640. The maximum absolute atomic E-state index is 4.61. The van der Waals surface area contributed by atoms with Gasteiger partial charge in [0.25, 0.3) is 0 Å². The van der Waals surface area contributed by atoms with Crippen LogP contribution in [0, 0.1) is 5.92 Å². The van der Waals surface area contributed by atoms with E-state index in [9.17, 15) is 0 Å². The van der Waals surface area contributed by atoms with Crippen molar-refractivity contribution in [2.24, 2.45) is 5.92 Å². The molecule has 0 amide bonds. The zero-order valence-electron chi connectivity index (χ0n) is 10.5. The van der Waals surface area contributed by atoms with Crippen LogP contribution in [-0.4, -0.2) is 17.0 Å². The van der Waals surface area contributed by atoms with E-state index in [4.69, 9.17) is 0 Å². The van der Waals surface area contributed by atoms with Crippen LogP contribution in [0.1, 0.15) is 38.7 Å². The molecule has 0 aromatic carbocycles. The zero-order valence-corrected chi connectivity index (χ0v) is 12.1. The van der Waals surface area contributed by atoms with Crippen molar-refractivity contribution in [1.29, 1.82) is 0 Å². The molecule has 0 bridgehead atoms. The number of rotatable bonds is 5. The lowest BCUT2D eigenvalue weighted by molar-refractivity contribution is 0.616. The SMILES string of the molecule is CCCc1nc(CC(C)C)nc(NC)c1Br. The molecule has 0 aliphatic carbocycles. The number of anilines is 1. The lowest BCUT2D eigenvalue weighted by atomic mass is 10.1. The third-order valence-electron chi connectivity index (χ3n) is 2.28. The average molecular weight is 286 g/mol. The number of halogens is 1. The first-order chi connectivity index (χ1) is 7.58. The number of aromatic nitrogens is 2. The molecule has 1 N–H and O–H groups in total. The summed E-state index contributed by atoms with van der Waals surface area (Å²) >= 11 is 3.56. The second kappa shape index (κ2) is 6.18. The minimum absolute atomic E-state index is 0.584. The van der Waals surface area contributed by atoms with Gasteiger partial charge in [0, 0.05) is 13.5 Å². The second-order valence-corrected chi connectivity index (χ2v) is 5.14. The molecule has 0 saturated heterocycles. The molecule has 1 rings (SSSR count). The van der Waals surface area contributed by atoms with E-state index in [0.717, 1.165) is 41.1 Å². The Morgan fingerprint density at radius 2 is 2.00 bits per heavy atom. The molecular formula is C12H20BrN3. The molecule has 0 spiro atoms. The zero-order chi connectivity index (χ0) is 12.1. The highest BCUT2D eigenvalue weighted by Gasteiger charge is 2.11. The van der Waals surface area contributed by atoms with Gasteiger partial charge in [0.1, 0.15) is 11.6 Å². The average Bonchev–Trinajstić information content (AvgIpc) is 2.22. The van der Waals surface area contributed by atoms with E-state index >= 15 is 0 Å². The lowest BCUT2D eigenvalue weighted by Gasteiger charge is -2.11. The van der Waals surface area contributed by atoms with E-state index in [-0.39, 0.29) is 0 Å². The number of hydrogen-bond donors (Lipinski definition) is 1. The molecule has 1 heterocycles. The fraction of sp³-hybridized carbons (Fsp3) is 0.667. The fourth-order valence-corrected chi connectivity index (χ4v) is 2.14. The molecule has 90 valence electrons. The first-order valence-electron chi connectivity index (χ1n) is 5.81. The summed E-state index contributed by atoms with van der Waals surface area (Å²) in [7, 11) is 1.89. The van der Waals surface area contributed by atoms with Crippen LogP contribution >= 0.6 is 15.9 Å². The van der Waals surface area contributed by atoms with Crippen LogP contribution in [-0.2, 0) is 12.8 Å². The Labute approximate surface area is 106 Å². The molecule has 4 heteroatoms. The van der Waals surface area contributed by atoms with E-state index in [0.29, 0.717) is 5.92 Å². The van der Waals surface area contributed by atoms with Crippen molar-refractivity contribution in [2.45, 2.75) is 40.0 Å². The van der Waals surface area contributed by atoms with E-state index in [2.05, 4.69) is 52.0 Å². The normalized spacial score (nSPS) is 10.9. The molecule has 0 saturated carbocycles. The molecule has 0 unspecified atom stereocenters. The molecule has 0 atom stereocenters. The van der Waals surface area contributed by atoms with Crippen molar-refractivity contribution < 1.29 is 0 Å². The molecule has 1 aromatic heterocycles. The lowest BCUT2D eigenvalue weighted by Crippen LogP contribution is -2.08. The van der Waals surface area contributed by atoms with Gasteiger partial charge in [0.2, 0.25) is 0 Å². The summed E-state index contributed by atoms with van der Waals surface area (Å²) in [4.78, 5) is 9.12. The molecule has 3 nitrogen and oxygen atoms in total. The standard InChI is InChI=1S/C12H20BrN3/c1-5-6-9-11(13)12(14-4)16-10(15-9)7-8(2)3/h8H,5-7H2,1-4H3,(H,14,15,16). The van der Waals surface area contributed by atoms with Crippen LogP contribution in [0.15, 0.2) is 4.47 Å². The summed E-state index contributed by atoms with van der Waals surface area (Å²) in [6.45, 7) is 6.53. The van der Waals surface area contributed by atoms with Gasteiger partial charge in [-0.3, -0.25) is 0 Å². The number of hydrogen-bond acceptors (Lipinski definition) is 3. The Bertz CT molecular complexity index is 350. The molecular weight excluding hydrogens is 266 g/mol. The van der Waals surface area contributed by atoms with Gasteiger partial charge in [-0.25, -0.2) is 9.97 Å². The monoisotopic (exact) mass is 285 g/mol.